The van der Waals surface area contributed by atoms with Crippen molar-refractivity contribution in [2.75, 3.05) is 7.05 Å². The Morgan fingerprint density at radius 3 is 2.08 bits per heavy atom. The van der Waals surface area contributed by atoms with Crippen molar-refractivity contribution >= 4 is 5.71 Å². The van der Waals surface area contributed by atoms with E-state index in [1.807, 2.05) is 14.0 Å². The SMILES string of the molecule is CN=C(C)c1[nH]c(C)c(C)c1C. The molecular weight excluding hydrogens is 148 g/mol. The fourth-order valence-corrected chi connectivity index (χ4v) is 1.32. The lowest BCUT2D eigenvalue weighted by Crippen LogP contribution is -1.96. The van der Waals surface area contributed by atoms with Crippen LogP contribution < -0.4 is 0 Å². The standard InChI is InChI=1S/C10H16N2/c1-6-7(2)10(9(4)11-5)12-8(6)3/h12H,1-5H3. The molecular formula is C10H16N2. The molecule has 2 nitrogen and oxygen atoms in total. The molecule has 0 aliphatic rings. The highest BCUT2D eigenvalue weighted by atomic mass is 14.8. The summed E-state index contributed by atoms with van der Waals surface area (Å²) in [6.07, 6.45) is 0. The van der Waals surface area contributed by atoms with E-state index in [9.17, 15) is 0 Å². The third-order valence-electron chi connectivity index (χ3n) is 2.51. The summed E-state index contributed by atoms with van der Waals surface area (Å²) in [5.74, 6) is 0. The Hall–Kier alpha value is -1.05. The monoisotopic (exact) mass is 164 g/mol. The van der Waals surface area contributed by atoms with E-state index in [4.69, 9.17) is 0 Å². The third kappa shape index (κ3) is 1.29. The minimum atomic E-state index is 1.07. The van der Waals surface area contributed by atoms with E-state index >= 15 is 0 Å². The highest BCUT2D eigenvalue weighted by molar-refractivity contribution is 5.98. The Morgan fingerprint density at radius 2 is 1.75 bits per heavy atom. The number of nitrogens with zero attached hydrogens (tertiary/aromatic N) is 1. The first-order chi connectivity index (χ1) is 5.57. The number of rotatable bonds is 1. The minimum Gasteiger partial charge on any atom is -0.357 e. The maximum atomic E-state index is 4.16. The summed E-state index contributed by atoms with van der Waals surface area (Å²) in [7, 11) is 1.82. The van der Waals surface area contributed by atoms with Crippen LogP contribution in [0.5, 0.6) is 0 Å². The highest BCUT2D eigenvalue weighted by Crippen LogP contribution is 2.16. The zero-order valence-electron chi connectivity index (χ0n) is 8.45. The average Bonchev–Trinajstić information content (AvgIpc) is 2.32. The van der Waals surface area contributed by atoms with E-state index in [1.165, 1.54) is 22.5 Å². The number of hydrogen-bond acceptors (Lipinski definition) is 1. The molecule has 0 spiro atoms. The molecule has 0 amide bonds. The second-order valence-electron chi connectivity index (χ2n) is 3.18. The van der Waals surface area contributed by atoms with Crippen LogP contribution in [0.1, 0.15) is 29.4 Å². The molecule has 0 fully saturated rings. The van der Waals surface area contributed by atoms with Crippen molar-refractivity contribution in [3.05, 3.63) is 22.5 Å². The summed E-state index contributed by atoms with van der Waals surface area (Å²) >= 11 is 0. The van der Waals surface area contributed by atoms with Crippen molar-refractivity contribution in [3.63, 3.8) is 0 Å². The molecule has 0 bridgehead atoms. The van der Waals surface area contributed by atoms with E-state index < -0.39 is 0 Å². The number of hydrogen-bond donors (Lipinski definition) is 1. The van der Waals surface area contributed by atoms with Crippen LogP contribution in [0, 0.1) is 20.8 Å². The van der Waals surface area contributed by atoms with Crippen molar-refractivity contribution < 1.29 is 0 Å². The second kappa shape index (κ2) is 3.13. The number of H-pyrrole nitrogens is 1. The van der Waals surface area contributed by atoms with E-state index in [0.29, 0.717) is 0 Å². The molecule has 1 heterocycles. The van der Waals surface area contributed by atoms with Crippen molar-refractivity contribution in [2.24, 2.45) is 4.99 Å². The molecule has 0 radical (unpaired) electrons. The highest BCUT2D eigenvalue weighted by Gasteiger charge is 2.08. The van der Waals surface area contributed by atoms with Gasteiger partial charge in [0.15, 0.2) is 0 Å². The third-order valence-corrected chi connectivity index (χ3v) is 2.51. The van der Waals surface area contributed by atoms with Gasteiger partial charge in [0.2, 0.25) is 0 Å². The molecule has 12 heavy (non-hydrogen) atoms. The van der Waals surface area contributed by atoms with E-state index in [2.05, 4.69) is 30.7 Å². The van der Waals surface area contributed by atoms with Crippen molar-refractivity contribution in [1.29, 1.82) is 0 Å². The largest absolute Gasteiger partial charge is 0.357 e. The fourth-order valence-electron chi connectivity index (χ4n) is 1.32. The van der Waals surface area contributed by atoms with Gasteiger partial charge in [-0.2, -0.15) is 0 Å². The van der Waals surface area contributed by atoms with Crippen molar-refractivity contribution in [1.82, 2.24) is 4.98 Å². The summed E-state index contributed by atoms with van der Waals surface area (Å²) in [5.41, 5.74) is 6.14. The molecule has 0 aliphatic heterocycles. The van der Waals surface area contributed by atoms with Crippen LogP contribution in [0.15, 0.2) is 4.99 Å². The lowest BCUT2D eigenvalue weighted by atomic mass is 10.1. The lowest BCUT2D eigenvalue weighted by Gasteiger charge is -1.97. The maximum absolute atomic E-state index is 4.16. The smallest absolute Gasteiger partial charge is 0.0625 e. The lowest BCUT2D eigenvalue weighted by molar-refractivity contribution is 1.21. The molecule has 1 aromatic rings. The quantitative estimate of drug-likeness (QED) is 0.617. The molecule has 1 aromatic heterocycles. The van der Waals surface area contributed by atoms with Crippen molar-refractivity contribution in [3.8, 4) is 0 Å². The second-order valence-corrected chi connectivity index (χ2v) is 3.18. The van der Waals surface area contributed by atoms with Gasteiger partial charge in [-0.3, -0.25) is 4.99 Å². The summed E-state index contributed by atoms with van der Waals surface area (Å²) in [4.78, 5) is 7.49. The first-order valence-electron chi connectivity index (χ1n) is 4.17. The zero-order chi connectivity index (χ0) is 9.30. The molecule has 0 saturated heterocycles. The van der Waals surface area contributed by atoms with Gasteiger partial charge in [0.1, 0.15) is 0 Å². The van der Waals surface area contributed by atoms with Gasteiger partial charge in [-0.1, -0.05) is 0 Å². The molecule has 0 saturated carbocycles. The topological polar surface area (TPSA) is 28.1 Å². The van der Waals surface area contributed by atoms with Gasteiger partial charge in [0, 0.05) is 12.7 Å². The van der Waals surface area contributed by atoms with Crippen LogP contribution in [0.3, 0.4) is 0 Å². The van der Waals surface area contributed by atoms with Crippen LogP contribution in [0.25, 0.3) is 0 Å². The number of nitrogens with one attached hydrogen (secondary N) is 1. The van der Waals surface area contributed by atoms with Crippen LogP contribution >= 0.6 is 0 Å². The molecule has 0 aromatic carbocycles. The summed E-state index contributed by atoms with van der Waals surface area (Å²) in [6.45, 7) is 8.38. The summed E-state index contributed by atoms with van der Waals surface area (Å²) < 4.78 is 0. The Balaban J connectivity index is 3.27. The Bertz CT molecular complexity index is 319. The maximum Gasteiger partial charge on any atom is 0.0625 e. The van der Waals surface area contributed by atoms with Gasteiger partial charge < -0.3 is 4.98 Å². The van der Waals surface area contributed by atoms with E-state index in [-0.39, 0.29) is 0 Å². The molecule has 66 valence electrons. The predicted molar refractivity (Wildman–Crippen MR) is 53.1 cm³/mol. The predicted octanol–water partition coefficient (Wildman–Crippen LogP) is 2.38. The van der Waals surface area contributed by atoms with E-state index in [0.717, 1.165) is 5.71 Å². The first-order valence-corrected chi connectivity index (χ1v) is 4.17. The Labute approximate surface area is 73.7 Å². The summed E-state index contributed by atoms with van der Waals surface area (Å²) in [5, 5.41) is 0. The van der Waals surface area contributed by atoms with E-state index in [1.54, 1.807) is 0 Å². The number of aromatic nitrogens is 1. The van der Waals surface area contributed by atoms with Crippen LogP contribution in [-0.2, 0) is 0 Å². The Morgan fingerprint density at radius 1 is 1.17 bits per heavy atom. The zero-order valence-corrected chi connectivity index (χ0v) is 8.45. The van der Waals surface area contributed by atoms with Gasteiger partial charge >= 0.3 is 0 Å². The van der Waals surface area contributed by atoms with Crippen LogP contribution in [0.4, 0.5) is 0 Å². The van der Waals surface area contributed by atoms with Gasteiger partial charge in [0.05, 0.1) is 11.4 Å². The van der Waals surface area contributed by atoms with Gasteiger partial charge in [-0.05, 0) is 38.8 Å². The number of aromatic amines is 1. The summed E-state index contributed by atoms with van der Waals surface area (Å²) in [6, 6.07) is 0. The number of aliphatic imine (C=N–C) groups is 1. The normalized spacial score (nSPS) is 12.2. The Kier molecular flexibility index (Phi) is 2.36. The van der Waals surface area contributed by atoms with Gasteiger partial charge in [-0.25, -0.2) is 0 Å². The molecule has 2 heteroatoms. The van der Waals surface area contributed by atoms with Crippen LogP contribution in [0.2, 0.25) is 0 Å². The van der Waals surface area contributed by atoms with Crippen LogP contribution in [-0.4, -0.2) is 17.7 Å². The molecule has 0 atom stereocenters. The average molecular weight is 164 g/mol. The van der Waals surface area contributed by atoms with Crippen molar-refractivity contribution in [2.45, 2.75) is 27.7 Å². The molecule has 1 N–H and O–H groups in total. The van der Waals surface area contributed by atoms with Gasteiger partial charge in [-0.15, -0.1) is 0 Å². The van der Waals surface area contributed by atoms with Gasteiger partial charge in [0.25, 0.3) is 0 Å². The minimum absolute atomic E-state index is 1.07. The fraction of sp³-hybridized carbons (Fsp3) is 0.500. The number of aryl methyl sites for hydroxylation is 1. The molecule has 1 rings (SSSR count). The first kappa shape index (κ1) is 9.04. The molecule has 0 aliphatic carbocycles. The molecule has 0 unspecified atom stereocenters.